The number of aromatic amines is 1. The fraction of sp³-hybridized carbons (Fsp3) is 0.250. The first-order chi connectivity index (χ1) is 10.1. The number of carbonyl (C=O) groups excluding carboxylic acids is 1. The summed E-state index contributed by atoms with van der Waals surface area (Å²) in [7, 11) is 0. The summed E-state index contributed by atoms with van der Waals surface area (Å²) in [5.74, 6) is 0.673. The number of aromatic nitrogens is 4. The molecule has 8 nitrogen and oxygen atoms in total. The van der Waals surface area contributed by atoms with Gasteiger partial charge in [0.05, 0.1) is 6.04 Å². The van der Waals surface area contributed by atoms with E-state index in [0.29, 0.717) is 16.6 Å². The minimum atomic E-state index is -0.350. The lowest BCUT2D eigenvalue weighted by Gasteiger charge is -2.11. The van der Waals surface area contributed by atoms with Crippen molar-refractivity contribution in [3.63, 3.8) is 0 Å². The highest BCUT2D eigenvalue weighted by Gasteiger charge is 2.13. The summed E-state index contributed by atoms with van der Waals surface area (Å²) >= 11 is 4.85. The predicted octanol–water partition coefficient (Wildman–Crippen LogP) is 0.0901. The zero-order valence-electron chi connectivity index (χ0n) is 11.2. The fourth-order valence-corrected chi connectivity index (χ4v) is 1.70. The standard InChI is InChI=1S/C12H14N6O2S/c1-7(12-15-17-18-16-12)14-10(19)6-20-9-4-2-8(3-5-9)11(13)21/h2-5,7H,6H2,1H3,(H2,13,21)(H,14,19)(H,15,16,17,18). The van der Waals surface area contributed by atoms with Crippen LogP contribution in [0.3, 0.4) is 0 Å². The Balaban J connectivity index is 1.82. The van der Waals surface area contributed by atoms with Gasteiger partial charge in [-0.05, 0) is 31.2 Å². The first kappa shape index (κ1) is 14.9. The number of ether oxygens (including phenoxy) is 1. The molecule has 0 radical (unpaired) electrons. The summed E-state index contributed by atoms with van der Waals surface area (Å²) in [4.78, 5) is 12.0. The number of hydrogen-bond donors (Lipinski definition) is 3. The normalized spacial score (nSPS) is 11.7. The van der Waals surface area contributed by atoms with E-state index in [9.17, 15) is 4.79 Å². The first-order valence-electron chi connectivity index (χ1n) is 6.11. The van der Waals surface area contributed by atoms with Gasteiger partial charge in [-0.1, -0.05) is 17.4 Å². The predicted molar refractivity (Wildman–Crippen MR) is 78.6 cm³/mol. The van der Waals surface area contributed by atoms with E-state index in [0.717, 1.165) is 5.56 Å². The highest BCUT2D eigenvalue weighted by Crippen LogP contribution is 2.12. The Bertz CT molecular complexity index is 613. The molecule has 1 amide bonds. The highest BCUT2D eigenvalue weighted by atomic mass is 32.1. The number of hydrogen-bond acceptors (Lipinski definition) is 6. The molecule has 0 spiro atoms. The number of thiocarbonyl (C=S) groups is 1. The molecule has 1 heterocycles. The van der Waals surface area contributed by atoms with Crippen LogP contribution in [-0.2, 0) is 4.79 Å². The number of tetrazole rings is 1. The van der Waals surface area contributed by atoms with Gasteiger partial charge in [0, 0.05) is 5.56 Å². The maximum atomic E-state index is 11.7. The number of H-pyrrole nitrogens is 1. The quantitative estimate of drug-likeness (QED) is 0.647. The third-order valence-electron chi connectivity index (χ3n) is 2.64. The molecule has 2 rings (SSSR count). The topological polar surface area (TPSA) is 119 Å². The van der Waals surface area contributed by atoms with Crippen molar-refractivity contribution in [2.75, 3.05) is 6.61 Å². The molecule has 0 fully saturated rings. The number of amides is 1. The molecule has 1 aromatic carbocycles. The van der Waals surface area contributed by atoms with Crippen molar-refractivity contribution in [3.8, 4) is 5.75 Å². The highest BCUT2D eigenvalue weighted by molar-refractivity contribution is 7.80. The summed E-state index contributed by atoms with van der Waals surface area (Å²) in [6, 6.07) is 6.51. The Hall–Kier alpha value is -2.55. The van der Waals surface area contributed by atoms with Crippen LogP contribution in [0.25, 0.3) is 0 Å². The monoisotopic (exact) mass is 306 g/mol. The van der Waals surface area contributed by atoms with Crippen LogP contribution in [0.5, 0.6) is 5.75 Å². The van der Waals surface area contributed by atoms with Crippen molar-refractivity contribution in [2.45, 2.75) is 13.0 Å². The lowest BCUT2D eigenvalue weighted by molar-refractivity contribution is -0.123. The number of nitrogens with two attached hydrogens (primary N) is 1. The second-order valence-corrected chi connectivity index (χ2v) is 4.68. The van der Waals surface area contributed by atoms with Crippen molar-refractivity contribution >= 4 is 23.1 Å². The smallest absolute Gasteiger partial charge is 0.258 e. The molecule has 0 saturated heterocycles. The van der Waals surface area contributed by atoms with E-state index in [-0.39, 0.29) is 18.6 Å². The zero-order chi connectivity index (χ0) is 15.2. The number of carbonyl (C=O) groups is 1. The lowest BCUT2D eigenvalue weighted by Crippen LogP contribution is -2.31. The Morgan fingerprint density at radius 3 is 2.76 bits per heavy atom. The molecule has 21 heavy (non-hydrogen) atoms. The summed E-state index contributed by atoms with van der Waals surface area (Å²) in [6.07, 6.45) is 0. The Morgan fingerprint density at radius 2 is 2.19 bits per heavy atom. The van der Waals surface area contributed by atoms with Crippen LogP contribution in [0.4, 0.5) is 0 Å². The lowest BCUT2D eigenvalue weighted by atomic mass is 10.2. The van der Waals surface area contributed by atoms with E-state index in [1.54, 1.807) is 31.2 Å². The van der Waals surface area contributed by atoms with Gasteiger partial charge in [0.15, 0.2) is 12.4 Å². The van der Waals surface area contributed by atoms with Crippen LogP contribution in [0.1, 0.15) is 24.4 Å². The molecule has 1 atom stereocenters. The minimum Gasteiger partial charge on any atom is -0.484 e. The maximum Gasteiger partial charge on any atom is 0.258 e. The van der Waals surface area contributed by atoms with Crippen molar-refractivity contribution in [1.29, 1.82) is 0 Å². The molecule has 0 aliphatic heterocycles. The second kappa shape index (κ2) is 6.75. The van der Waals surface area contributed by atoms with Gasteiger partial charge in [-0.15, -0.1) is 10.2 Å². The molecular weight excluding hydrogens is 292 g/mol. The molecule has 4 N–H and O–H groups in total. The molecule has 1 aromatic heterocycles. The van der Waals surface area contributed by atoms with Crippen molar-refractivity contribution in [1.82, 2.24) is 25.9 Å². The van der Waals surface area contributed by atoms with Crippen LogP contribution in [0.2, 0.25) is 0 Å². The summed E-state index contributed by atoms with van der Waals surface area (Å²) in [6.45, 7) is 1.63. The van der Waals surface area contributed by atoms with Gasteiger partial charge in [-0.25, -0.2) is 0 Å². The second-order valence-electron chi connectivity index (χ2n) is 4.24. The maximum absolute atomic E-state index is 11.7. The molecule has 1 unspecified atom stereocenters. The van der Waals surface area contributed by atoms with E-state index in [2.05, 4.69) is 25.9 Å². The molecule has 9 heteroatoms. The minimum absolute atomic E-state index is 0.116. The first-order valence-corrected chi connectivity index (χ1v) is 6.52. The van der Waals surface area contributed by atoms with Crippen LogP contribution in [0.15, 0.2) is 24.3 Å². The molecule has 0 aliphatic carbocycles. The van der Waals surface area contributed by atoms with Crippen molar-refractivity contribution in [3.05, 3.63) is 35.7 Å². The third kappa shape index (κ3) is 4.21. The Labute approximate surface area is 126 Å². The van der Waals surface area contributed by atoms with E-state index in [4.69, 9.17) is 22.7 Å². The van der Waals surface area contributed by atoms with Crippen LogP contribution < -0.4 is 15.8 Å². The fourth-order valence-electron chi connectivity index (χ4n) is 1.56. The Kier molecular flexibility index (Phi) is 4.77. The Morgan fingerprint density at radius 1 is 1.48 bits per heavy atom. The van der Waals surface area contributed by atoms with Gasteiger partial charge in [-0.2, -0.15) is 5.21 Å². The van der Waals surface area contributed by atoms with Gasteiger partial charge in [-0.3, -0.25) is 4.79 Å². The van der Waals surface area contributed by atoms with Gasteiger partial charge in [0.2, 0.25) is 0 Å². The van der Waals surface area contributed by atoms with Crippen molar-refractivity contribution < 1.29 is 9.53 Å². The molecule has 2 aromatic rings. The van der Waals surface area contributed by atoms with E-state index in [1.165, 1.54) is 0 Å². The largest absolute Gasteiger partial charge is 0.484 e. The molecule has 110 valence electrons. The van der Waals surface area contributed by atoms with Gasteiger partial charge < -0.3 is 15.8 Å². The summed E-state index contributed by atoms with van der Waals surface area (Å²) in [5.41, 5.74) is 6.24. The SMILES string of the molecule is CC(NC(=O)COc1ccc(C(N)=S)cc1)c1nn[nH]n1. The van der Waals surface area contributed by atoms with Crippen LogP contribution in [-0.4, -0.2) is 38.1 Å². The van der Waals surface area contributed by atoms with E-state index >= 15 is 0 Å². The average Bonchev–Trinajstić information content (AvgIpc) is 3.00. The van der Waals surface area contributed by atoms with Crippen LogP contribution in [0, 0.1) is 0 Å². The van der Waals surface area contributed by atoms with Crippen molar-refractivity contribution in [2.24, 2.45) is 5.73 Å². The number of nitrogens with one attached hydrogen (secondary N) is 2. The molecule has 0 bridgehead atoms. The number of rotatable bonds is 6. The molecule has 0 saturated carbocycles. The summed E-state index contributed by atoms with van der Waals surface area (Å²) in [5, 5.41) is 16.0. The molecular formula is C12H14N6O2S. The zero-order valence-corrected chi connectivity index (χ0v) is 12.1. The van der Waals surface area contributed by atoms with E-state index < -0.39 is 0 Å². The van der Waals surface area contributed by atoms with Gasteiger partial charge in [0.1, 0.15) is 10.7 Å². The third-order valence-corrected chi connectivity index (χ3v) is 2.87. The van der Waals surface area contributed by atoms with Crippen LogP contribution >= 0.6 is 12.2 Å². The number of nitrogens with zero attached hydrogens (tertiary/aromatic N) is 3. The van der Waals surface area contributed by atoms with E-state index in [1.807, 2.05) is 0 Å². The van der Waals surface area contributed by atoms with Gasteiger partial charge >= 0.3 is 0 Å². The number of benzene rings is 1. The molecule has 0 aliphatic rings. The summed E-state index contributed by atoms with van der Waals surface area (Å²) < 4.78 is 5.36. The average molecular weight is 306 g/mol. The van der Waals surface area contributed by atoms with Gasteiger partial charge in [0.25, 0.3) is 5.91 Å².